The number of anilines is 2. The Bertz CT molecular complexity index is 1370. The van der Waals surface area contributed by atoms with Crippen molar-refractivity contribution in [2.75, 3.05) is 45.0 Å². The third-order valence-electron chi connectivity index (χ3n) is 5.43. The summed E-state index contributed by atoms with van der Waals surface area (Å²) in [7, 11) is 5.10. The first kappa shape index (κ1) is 30.3. The van der Waals surface area contributed by atoms with Crippen molar-refractivity contribution in [3.05, 3.63) is 70.5 Å². The molecule has 0 aliphatic rings. The number of likely N-dealkylation sites (N-methyl/N-ethyl adjacent to an activating group) is 1. The molecule has 3 amide bonds. The van der Waals surface area contributed by atoms with Crippen molar-refractivity contribution in [2.45, 2.75) is 13.1 Å². The first-order valence-corrected chi connectivity index (χ1v) is 12.2. The van der Waals surface area contributed by atoms with Gasteiger partial charge in [-0.1, -0.05) is 17.7 Å². The van der Waals surface area contributed by atoms with Gasteiger partial charge in [0.1, 0.15) is 29.5 Å². The summed E-state index contributed by atoms with van der Waals surface area (Å²) in [5.74, 6) is 0.395. The van der Waals surface area contributed by atoms with Gasteiger partial charge < -0.3 is 25.0 Å². The average molecular weight is 581 g/mol. The van der Waals surface area contributed by atoms with E-state index in [1.54, 1.807) is 31.2 Å². The van der Waals surface area contributed by atoms with Crippen LogP contribution in [0.5, 0.6) is 17.2 Å². The number of urea groups is 1. The summed E-state index contributed by atoms with van der Waals surface area (Å²) in [6, 6.07) is 8.94. The fourth-order valence-electron chi connectivity index (χ4n) is 3.32. The maximum atomic E-state index is 13.4. The lowest BCUT2D eigenvalue weighted by molar-refractivity contribution is -0.137. The number of pyridine rings is 1. The topological polar surface area (TPSA) is 117 Å². The van der Waals surface area contributed by atoms with Gasteiger partial charge in [0, 0.05) is 37.5 Å². The lowest BCUT2D eigenvalue weighted by atomic mass is 10.1. The van der Waals surface area contributed by atoms with Gasteiger partial charge in [0.05, 0.1) is 22.0 Å². The van der Waals surface area contributed by atoms with E-state index in [1.165, 1.54) is 19.3 Å². The van der Waals surface area contributed by atoms with Gasteiger partial charge in [0.15, 0.2) is 0 Å². The maximum absolute atomic E-state index is 13.4. The molecule has 0 radical (unpaired) electrons. The molecule has 10 nitrogen and oxygen atoms in total. The van der Waals surface area contributed by atoms with E-state index in [9.17, 15) is 22.8 Å². The SMILES string of the molecule is CNC(=O)c1cc(Oc2cccc(NNC(=O)Nc3cc(C(F)(F)F)c(Cl)cc3OCCN(C)C)c2C)ccn1. The molecule has 1 aromatic heterocycles. The monoisotopic (exact) mass is 580 g/mol. The van der Waals surface area contributed by atoms with Crippen LogP contribution in [0.1, 0.15) is 21.6 Å². The second-order valence-corrected chi connectivity index (χ2v) is 9.08. The number of hydrazine groups is 1. The quantitative estimate of drug-likeness (QED) is 0.240. The third kappa shape index (κ3) is 8.13. The molecule has 2 aromatic carbocycles. The van der Waals surface area contributed by atoms with E-state index in [1.807, 2.05) is 19.0 Å². The van der Waals surface area contributed by atoms with Gasteiger partial charge in [-0.3, -0.25) is 20.6 Å². The van der Waals surface area contributed by atoms with E-state index < -0.39 is 22.8 Å². The predicted octanol–water partition coefficient (Wildman–Crippen LogP) is 5.30. The number of halogens is 4. The largest absolute Gasteiger partial charge is 0.490 e. The van der Waals surface area contributed by atoms with E-state index in [2.05, 4.69) is 26.5 Å². The van der Waals surface area contributed by atoms with Crippen LogP contribution < -0.4 is 31.0 Å². The number of carbonyl (C=O) groups excluding carboxylic acids is 2. The van der Waals surface area contributed by atoms with Crippen LogP contribution in [0.25, 0.3) is 0 Å². The van der Waals surface area contributed by atoms with Gasteiger partial charge in [-0.15, -0.1) is 0 Å². The molecule has 0 spiro atoms. The lowest BCUT2D eigenvalue weighted by Crippen LogP contribution is -2.34. The highest BCUT2D eigenvalue weighted by molar-refractivity contribution is 6.31. The lowest BCUT2D eigenvalue weighted by Gasteiger charge is -2.19. The Kier molecular flexibility index (Phi) is 10.0. The number of carbonyl (C=O) groups is 2. The van der Waals surface area contributed by atoms with Crippen LogP contribution in [-0.4, -0.2) is 56.1 Å². The summed E-state index contributed by atoms with van der Waals surface area (Å²) < 4.78 is 51.8. The smallest absolute Gasteiger partial charge is 0.417 e. The van der Waals surface area contributed by atoms with Gasteiger partial charge >= 0.3 is 12.2 Å². The summed E-state index contributed by atoms with van der Waals surface area (Å²) in [6.45, 7) is 2.36. The molecule has 0 unspecified atom stereocenters. The number of nitrogens with one attached hydrogen (secondary N) is 4. The van der Waals surface area contributed by atoms with Crippen molar-refractivity contribution in [3.63, 3.8) is 0 Å². The van der Waals surface area contributed by atoms with Crippen LogP contribution in [0.2, 0.25) is 5.02 Å². The highest BCUT2D eigenvalue weighted by atomic mass is 35.5. The zero-order valence-corrected chi connectivity index (χ0v) is 22.8. The van der Waals surface area contributed by atoms with E-state index in [0.717, 1.165) is 6.07 Å². The van der Waals surface area contributed by atoms with Gasteiger partial charge in [-0.25, -0.2) is 4.79 Å². The van der Waals surface area contributed by atoms with Crippen LogP contribution in [-0.2, 0) is 6.18 Å². The number of hydrogen-bond acceptors (Lipinski definition) is 7. The molecule has 1 heterocycles. The van der Waals surface area contributed by atoms with Crippen molar-refractivity contribution in [3.8, 4) is 17.2 Å². The number of ether oxygens (including phenoxy) is 2. The number of hydrogen-bond donors (Lipinski definition) is 4. The van der Waals surface area contributed by atoms with Crippen molar-refractivity contribution in [1.29, 1.82) is 0 Å². The Hall–Kier alpha value is -4.23. The number of aromatic nitrogens is 1. The van der Waals surface area contributed by atoms with Gasteiger partial charge in [0.25, 0.3) is 5.91 Å². The Balaban J connectivity index is 1.73. The molecule has 0 aliphatic carbocycles. The molecule has 14 heteroatoms. The molecular formula is C26H28ClF3N6O4. The van der Waals surface area contributed by atoms with Gasteiger partial charge in [0.2, 0.25) is 0 Å². The van der Waals surface area contributed by atoms with E-state index in [4.69, 9.17) is 21.1 Å². The summed E-state index contributed by atoms with van der Waals surface area (Å²) in [5, 5.41) is 4.30. The van der Waals surface area contributed by atoms with Crippen LogP contribution in [0.15, 0.2) is 48.7 Å². The number of nitrogens with zero attached hydrogens (tertiary/aromatic N) is 2. The van der Waals surface area contributed by atoms with Crippen molar-refractivity contribution in [1.82, 2.24) is 20.6 Å². The zero-order valence-electron chi connectivity index (χ0n) is 22.1. The van der Waals surface area contributed by atoms with E-state index in [0.29, 0.717) is 35.4 Å². The summed E-state index contributed by atoms with van der Waals surface area (Å²) >= 11 is 5.84. The molecule has 0 aliphatic heterocycles. The Morgan fingerprint density at radius 3 is 2.50 bits per heavy atom. The number of amides is 3. The van der Waals surface area contributed by atoms with Crippen LogP contribution in [0.4, 0.5) is 29.3 Å². The molecule has 214 valence electrons. The van der Waals surface area contributed by atoms with Crippen LogP contribution in [0.3, 0.4) is 0 Å². The number of benzene rings is 2. The second-order valence-electron chi connectivity index (χ2n) is 8.67. The standard InChI is InChI=1S/C26H28ClF3N6O4/c1-15-19(6-5-7-22(15)40-16-8-9-32-21(12-16)24(37)31-2)34-35-25(38)33-20-13-17(26(28,29)30)18(27)14-23(20)39-11-10-36(3)4/h5-9,12-14,34H,10-11H2,1-4H3,(H,31,37)(H2,33,35,38). The molecule has 3 rings (SSSR count). The Labute approximate surface area is 233 Å². The fraction of sp³-hybridized carbons (Fsp3) is 0.269. The van der Waals surface area contributed by atoms with Gasteiger partial charge in [-0.05, 0) is 45.3 Å². The maximum Gasteiger partial charge on any atom is 0.417 e. The Morgan fingerprint density at radius 1 is 1.07 bits per heavy atom. The summed E-state index contributed by atoms with van der Waals surface area (Å²) in [4.78, 5) is 30.3. The normalized spacial score (nSPS) is 11.1. The van der Waals surface area contributed by atoms with Gasteiger partial charge in [-0.2, -0.15) is 13.2 Å². The van der Waals surface area contributed by atoms with Crippen LogP contribution >= 0.6 is 11.6 Å². The first-order valence-electron chi connectivity index (χ1n) is 11.9. The molecular weight excluding hydrogens is 553 g/mol. The Morgan fingerprint density at radius 2 is 1.82 bits per heavy atom. The molecule has 0 saturated carbocycles. The fourth-order valence-corrected chi connectivity index (χ4v) is 3.58. The van der Waals surface area contributed by atoms with E-state index >= 15 is 0 Å². The first-order chi connectivity index (χ1) is 18.9. The minimum atomic E-state index is -4.74. The number of alkyl halides is 3. The van der Waals surface area contributed by atoms with Crippen LogP contribution in [0, 0.1) is 6.92 Å². The molecule has 0 saturated heterocycles. The average Bonchev–Trinajstić information content (AvgIpc) is 2.89. The number of rotatable bonds is 10. The molecule has 0 atom stereocenters. The minimum Gasteiger partial charge on any atom is -0.490 e. The third-order valence-corrected chi connectivity index (χ3v) is 5.75. The molecule has 3 aromatic rings. The van der Waals surface area contributed by atoms with E-state index in [-0.39, 0.29) is 29.6 Å². The molecule has 0 bridgehead atoms. The van der Waals surface area contributed by atoms with Crippen molar-refractivity contribution >= 4 is 34.9 Å². The second kappa shape index (κ2) is 13.2. The zero-order chi connectivity index (χ0) is 29.4. The molecule has 4 N–H and O–H groups in total. The van der Waals surface area contributed by atoms with Crippen molar-refractivity contribution < 1.29 is 32.2 Å². The predicted molar refractivity (Wildman–Crippen MR) is 145 cm³/mol. The minimum absolute atomic E-state index is 0.0185. The summed E-state index contributed by atoms with van der Waals surface area (Å²) in [6.07, 6.45) is -3.31. The highest BCUT2D eigenvalue weighted by Crippen LogP contribution is 2.40. The molecule has 0 fully saturated rings. The highest BCUT2D eigenvalue weighted by Gasteiger charge is 2.34. The summed E-state index contributed by atoms with van der Waals surface area (Å²) in [5.41, 5.74) is 4.99. The van der Waals surface area contributed by atoms with Crippen molar-refractivity contribution in [2.24, 2.45) is 0 Å². The molecule has 40 heavy (non-hydrogen) atoms.